The molecule has 0 aliphatic rings. The second-order valence-corrected chi connectivity index (χ2v) is 4.43. The summed E-state index contributed by atoms with van der Waals surface area (Å²) in [5.74, 6) is 0.0643. The minimum absolute atomic E-state index is 0.146. The number of hydrogen-bond donors (Lipinski definition) is 0. The maximum absolute atomic E-state index is 13.7. The van der Waals surface area contributed by atoms with E-state index in [4.69, 9.17) is 11.6 Å². The maximum atomic E-state index is 13.7. The van der Waals surface area contributed by atoms with Gasteiger partial charge in [0.1, 0.15) is 5.52 Å². The SMILES string of the molecule is CC(C)Cc1ncn2ccc(Cl)c(F)c12. The van der Waals surface area contributed by atoms with Gasteiger partial charge in [0.2, 0.25) is 0 Å². The number of imidazole rings is 1. The average molecular weight is 227 g/mol. The molecule has 0 radical (unpaired) electrons. The van der Waals surface area contributed by atoms with Gasteiger partial charge in [0.25, 0.3) is 0 Å². The Labute approximate surface area is 92.7 Å². The summed E-state index contributed by atoms with van der Waals surface area (Å²) < 4.78 is 15.4. The van der Waals surface area contributed by atoms with Gasteiger partial charge < -0.3 is 4.40 Å². The Hall–Kier alpha value is -1.09. The first kappa shape index (κ1) is 10.4. The molecule has 0 bridgehead atoms. The second kappa shape index (κ2) is 3.81. The normalized spacial score (nSPS) is 11.5. The molecule has 0 spiro atoms. The molecule has 0 atom stereocenters. The fraction of sp³-hybridized carbons (Fsp3) is 0.364. The molecule has 0 N–H and O–H groups in total. The van der Waals surface area contributed by atoms with Crippen LogP contribution in [0.2, 0.25) is 5.02 Å². The minimum atomic E-state index is -0.382. The number of nitrogens with zero attached hydrogens (tertiary/aromatic N) is 2. The van der Waals surface area contributed by atoms with E-state index in [0.717, 1.165) is 12.1 Å². The Morgan fingerprint density at radius 2 is 2.27 bits per heavy atom. The molecule has 0 amide bonds. The van der Waals surface area contributed by atoms with Crippen LogP contribution in [0.5, 0.6) is 0 Å². The molecule has 0 aliphatic carbocycles. The third kappa shape index (κ3) is 1.84. The highest BCUT2D eigenvalue weighted by molar-refractivity contribution is 6.31. The van der Waals surface area contributed by atoms with Crippen LogP contribution in [0.25, 0.3) is 5.52 Å². The number of aromatic nitrogens is 2. The first-order valence-corrected chi connectivity index (χ1v) is 5.27. The molecule has 0 aromatic carbocycles. The van der Waals surface area contributed by atoms with Crippen LogP contribution < -0.4 is 0 Å². The van der Waals surface area contributed by atoms with Gasteiger partial charge in [-0.1, -0.05) is 25.4 Å². The highest BCUT2D eigenvalue weighted by Crippen LogP contribution is 2.22. The van der Waals surface area contributed by atoms with Gasteiger partial charge in [-0.05, 0) is 18.4 Å². The second-order valence-electron chi connectivity index (χ2n) is 4.02. The minimum Gasteiger partial charge on any atom is -0.303 e. The summed E-state index contributed by atoms with van der Waals surface area (Å²) in [4.78, 5) is 4.20. The zero-order valence-corrected chi connectivity index (χ0v) is 9.42. The molecule has 2 aromatic rings. The Morgan fingerprint density at radius 3 is 2.93 bits per heavy atom. The number of rotatable bonds is 2. The number of fused-ring (bicyclic) bond motifs is 1. The van der Waals surface area contributed by atoms with Crippen molar-refractivity contribution in [2.24, 2.45) is 5.92 Å². The zero-order chi connectivity index (χ0) is 11.0. The van der Waals surface area contributed by atoms with Crippen molar-refractivity contribution in [1.82, 2.24) is 9.38 Å². The molecule has 2 heterocycles. The first-order chi connectivity index (χ1) is 7.09. The van der Waals surface area contributed by atoms with Gasteiger partial charge in [0.05, 0.1) is 17.0 Å². The van der Waals surface area contributed by atoms with E-state index >= 15 is 0 Å². The number of pyridine rings is 1. The van der Waals surface area contributed by atoms with E-state index in [2.05, 4.69) is 18.8 Å². The summed E-state index contributed by atoms with van der Waals surface area (Å²) in [5.41, 5.74) is 1.27. The van der Waals surface area contributed by atoms with Crippen molar-refractivity contribution >= 4 is 17.1 Å². The number of hydrogen-bond acceptors (Lipinski definition) is 1. The van der Waals surface area contributed by atoms with E-state index in [9.17, 15) is 4.39 Å². The van der Waals surface area contributed by atoms with E-state index in [-0.39, 0.29) is 10.8 Å². The van der Waals surface area contributed by atoms with Gasteiger partial charge >= 0.3 is 0 Å². The lowest BCUT2D eigenvalue weighted by Crippen LogP contribution is -1.97. The van der Waals surface area contributed by atoms with Gasteiger partial charge in [0, 0.05) is 6.20 Å². The molecule has 0 unspecified atom stereocenters. The Bertz CT molecular complexity index is 491. The van der Waals surface area contributed by atoms with Crippen LogP contribution in [0.1, 0.15) is 19.5 Å². The van der Waals surface area contributed by atoms with Crippen molar-refractivity contribution in [1.29, 1.82) is 0 Å². The zero-order valence-electron chi connectivity index (χ0n) is 8.67. The fourth-order valence-electron chi connectivity index (χ4n) is 1.62. The molecule has 0 fully saturated rings. The van der Waals surface area contributed by atoms with Crippen molar-refractivity contribution in [3.05, 3.63) is 35.1 Å². The molecular weight excluding hydrogens is 215 g/mol. The van der Waals surface area contributed by atoms with Crippen molar-refractivity contribution in [3.63, 3.8) is 0 Å². The van der Waals surface area contributed by atoms with Crippen LogP contribution in [-0.4, -0.2) is 9.38 Å². The van der Waals surface area contributed by atoms with E-state index in [1.165, 1.54) is 6.07 Å². The highest BCUT2D eigenvalue weighted by atomic mass is 35.5. The van der Waals surface area contributed by atoms with Crippen LogP contribution in [0.4, 0.5) is 4.39 Å². The molecular formula is C11H12ClFN2. The highest BCUT2D eigenvalue weighted by Gasteiger charge is 2.13. The molecule has 0 saturated heterocycles. The van der Waals surface area contributed by atoms with Crippen molar-refractivity contribution in [3.8, 4) is 0 Å². The molecule has 80 valence electrons. The fourth-order valence-corrected chi connectivity index (χ4v) is 1.77. The van der Waals surface area contributed by atoms with E-state index in [0.29, 0.717) is 11.4 Å². The van der Waals surface area contributed by atoms with Crippen LogP contribution in [-0.2, 0) is 6.42 Å². The Balaban J connectivity index is 2.61. The summed E-state index contributed by atoms with van der Waals surface area (Å²) in [6.45, 7) is 4.15. The lowest BCUT2D eigenvalue weighted by molar-refractivity contribution is 0.620. The van der Waals surface area contributed by atoms with Crippen molar-refractivity contribution in [2.75, 3.05) is 0 Å². The quantitative estimate of drug-likeness (QED) is 0.768. The third-order valence-electron chi connectivity index (χ3n) is 2.27. The topological polar surface area (TPSA) is 17.3 Å². The monoisotopic (exact) mass is 226 g/mol. The maximum Gasteiger partial charge on any atom is 0.167 e. The van der Waals surface area contributed by atoms with Gasteiger partial charge in [-0.3, -0.25) is 0 Å². The third-order valence-corrected chi connectivity index (χ3v) is 2.56. The molecule has 2 nitrogen and oxygen atoms in total. The van der Waals surface area contributed by atoms with Crippen LogP contribution >= 0.6 is 11.6 Å². The largest absolute Gasteiger partial charge is 0.303 e. The first-order valence-electron chi connectivity index (χ1n) is 4.89. The van der Waals surface area contributed by atoms with Crippen molar-refractivity contribution < 1.29 is 4.39 Å². The summed E-state index contributed by atoms with van der Waals surface area (Å²) in [7, 11) is 0. The lowest BCUT2D eigenvalue weighted by Gasteiger charge is -2.03. The molecule has 2 aromatic heterocycles. The summed E-state index contributed by atoms with van der Waals surface area (Å²) in [5, 5.41) is 0.146. The molecule has 15 heavy (non-hydrogen) atoms. The Morgan fingerprint density at radius 1 is 1.53 bits per heavy atom. The average Bonchev–Trinajstić information content (AvgIpc) is 2.55. The molecule has 2 rings (SSSR count). The van der Waals surface area contributed by atoms with Crippen LogP contribution in [0.15, 0.2) is 18.6 Å². The van der Waals surface area contributed by atoms with Gasteiger partial charge in [-0.25, -0.2) is 9.37 Å². The Kier molecular flexibility index (Phi) is 2.65. The summed E-state index contributed by atoms with van der Waals surface area (Å²) in [6.07, 6.45) is 4.10. The lowest BCUT2D eigenvalue weighted by atomic mass is 10.1. The predicted octanol–water partition coefficient (Wildman–Crippen LogP) is 3.33. The summed E-state index contributed by atoms with van der Waals surface area (Å²) >= 11 is 5.74. The van der Waals surface area contributed by atoms with E-state index < -0.39 is 0 Å². The molecule has 0 aliphatic heterocycles. The van der Waals surface area contributed by atoms with Gasteiger partial charge in [0.15, 0.2) is 5.82 Å². The molecule has 4 heteroatoms. The van der Waals surface area contributed by atoms with Gasteiger partial charge in [-0.15, -0.1) is 0 Å². The standard InChI is InChI=1S/C11H12ClFN2/c1-7(2)5-9-11-10(13)8(12)3-4-15(11)6-14-9/h3-4,6-7H,5H2,1-2H3. The van der Waals surface area contributed by atoms with E-state index in [1.807, 2.05) is 0 Å². The number of halogens is 2. The van der Waals surface area contributed by atoms with Crippen LogP contribution in [0.3, 0.4) is 0 Å². The molecule has 0 saturated carbocycles. The predicted molar refractivity (Wildman–Crippen MR) is 58.7 cm³/mol. The van der Waals surface area contributed by atoms with Crippen LogP contribution in [0, 0.1) is 11.7 Å². The van der Waals surface area contributed by atoms with E-state index in [1.54, 1.807) is 16.9 Å². The van der Waals surface area contributed by atoms with Crippen molar-refractivity contribution in [2.45, 2.75) is 20.3 Å². The van der Waals surface area contributed by atoms with Gasteiger partial charge in [-0.2, -0.15) is 0 Å². The summed E-state index contributed by atoms with van der Waals surface area (Å²) in [6, 6.07) is 1.53. The smallest absolute Gasteiger partial charge is 0.167 e.